The Morgan fingerprint density at radius 1 is 1.05 bits per heavy atom. The first kappa shape index (κ1) is 26.5. The van der Waals surface area contributed by atoms with Gasteiger partial charge in [-0.3, -0.25) is 19.7 Å². The topological polar surface area (TPSA) is 103 Å². The standard InChI is InChI=1S/C29H33FN4O3S/c30-23-15-19(27(33-31)18-7-4-2-1-3-5-8-18)11-12-20(23)17-38-25-10-6-9-21-22(25)16-34(29(21)37)24-13-14-26(35)32-28(24)36/h6,9-12,15,18,24,27,31H,1-5,7-8,13-14,16-17H2,(H,32,35,36). The molecule has 1 saturated heterocycles. The van der Waals surface area contributed by atoms with E-state index in [9.17, 15) is 14.4 Å². The summed E-state index contributed by atoms with van der Waals surface area (Å²) in [6, 6.07) is 9.76. The van der Waals surface area contributed by atoms with Crippen molar-refractivity contribution >= 4 is 29.5 Å². The number of hydrogen-bond donors (Lipinski definition) is 2. The molecule has 0 spiro atoms. The number of piperidine rings is 1. The van der Waals surface area contributed by atoms with Crippen LogP contribution < -0.4 is 5.32 Å². The summed E-state index contributed by atoms with van der Waals surface area (Å²) in [7, 11) is 0. The molecule has 2 unspecified atom stereocenters. The van der Waals surface area contributed by atoms with E-state index in [2.05, 4.69) is 10.4 Å². The zero-order chi connectivity index (χ0) is 26.6. The monoisotopic (exact) mass is 536 g/mol. The van der Waals surface area contributed by atoms with Crippen molar-refractivity contribution in [2.24, 2.45) is 11.0 Å². The highest BCUT2D eigenvalue weighted by atomic mass is 32.2. The summed E-state index contributed by atoms with van der Waals surface area (Å²) in [6.45, 7) is 0.291. The van der Waals surface area contributed by atoms with Gasteiger partial charge < -0.3 is 4.90 Å². The lowest BCUT2D eigenvalue weighted by molar-refractivity contribution is -0.136. The number of halogens is 1. The van der Waals surface area contributed by atoms with E-state index in [1.165, 1.54) is 35.9 Å². The summed E-state index contributed by atoms with van der Waals surface area (Å²) < 4.78 is 15.2. The minimum Gasteiger partial charge on any atom is -0.322 e. The third kappa shape index (κ3) is 5.53. The molecule has 2 fully saturated rings. The van der Waals surface area contributed by atoms with Gasteiger partial charge in [0.25, 0.3) is 5.91 Å². The van der Waals surface area contributed by atoms with Crippen molar-refractivity contribution in [3.8, 4) is 0 Å². The molecule has 0 aromatic heterocycles. The molecule has 0 bridgehead atoms. The van der Waals surface area contributed by atoms with Crippen LogP contribution in [0.15, 0.2) is 46.4 Å². The van der Waals surface area contributed by atoms with Crippen molar-refractivity contribution in [3.05, 3.63) is 64.5 Å². The Morgan fingerprint density at radius 3 is 2.53 bits per heavy atom. The molecule has 2 heterocycles. The Kier molecular flexibility index (Phi) is 8.21. The molecule has 3 aliphatic rings. The van der Waals surface area contributed by atoms with Crippen LogP contribution in [0, 0.1) is 17.3 Å². The molecule has 38 heavy (non-hydrogen) atoms. The second kappa shape index (κ2) is 11.8. The largest absolute Gasteiger partial charge is 0.322 e. The maximum atomic E-state index is 15.2. The molecule has 9 heteroatoms. The minimum absolute atomic E-state index is 0.211. The molecular formula is C29H33FN4O3S. The minimum atomic E-state index is -0.663. The lowest BCUT2D eigenvalue weighted by atomic mass is 9.83. The van der Waals surface area contributed by atoms with E-state index in [0.29, 0.717) is 29.8 Å². The highest BCUT2D eigenvalue weighted by Gasteiger charge is 2.39. The predicted molar refractivity (Wildman–Crippen MR) is 142 cm³/mol. The van der Waals surface area contributed by atoms with Crippen molar-refractivity contribution in [3.63, 3.8) is 0 Å². The van der Waals surface area contributed by atoms with Crippen LogP contribution in [-0.2, 0) is 21.9 Å². The summed E-state index contributed by atoms with van der Waals surface area (Å²) in [6.07, 6.45) is 8.55. The van der Waals surface area contributed by atoms with Gasteiger partial charge in [-0.15, -0.1) is 11.8 Å². The molecule has 7 nitrogen and oxygen atoms in total. The quantitative estimate of drug-likeness (QED) is 0.246. The normalized spacial score (nSPS) is 21.4. The summed E-state index contributed by atoms with van der Waals surface area (Å²) in [4.78, 5) is 39.4. The zero-order valence-corrected chi connectivity index (χ0v) is 22.2. The molecule has 5 rings (SSSR count). The lowest BCUT2D eigenvalue weighted by Gasteiger charge is -2.29. The first-order chi connectivity index (χ1) is 18.5. The number of fused-ring (bicyclic) bond motifs is 1. The van der Waals surface area contributed by atoms with E-state index in [0.717, 1.165) is 41.7 Å². The molecule has 1 saturated carbocycles. The van der Waals surface area contributed by atoms with Gasteiger partial charge in [0.1, 0.15) is 11.9 Å². The number of benzene rings is 2. The molecule has 200 valence electrons. The third-order valence-corrected chi connectivity index (χ3v) is 9.23. The highest BCUT2D eigenvalue weighted by Crippen LogP contribution is 2.38. The number of amides is 3. The smallest absolute Gasteiger partial charge is 0.255 e. The van der Waals surface area contributed by atoms with Gasteiger partial charge >= 0.3 is 0 Å². The fourth-order valence-corrected chi connectivity index (χ4v) is 7.04. The second-order valence-electron chi connectivity index (χ2n) is 10.5. The molecule has 1 aliphatic carbocycles. The number of imide groups is 1. The molecule has 2 aliphatic heterocycles. The van der Waals surface area contributed by atoms with Gasteiger partial charge in [-0.2, -0.15) is 5.11 Å². The average Bonchev–Trinajstić information content (AvgIpc) is 3.22. The molecule has 3 amide bonds. The number of hydrogen-bond acceptors (Lipinski definition) is 6. The SMILES string of the molecule is N=NC(c1ccc(CSc2cccc3c2CN(C2CCC(=O)NC2=O)C3=O)c(F)c1)C1CCCCCCC1. The van der Waals surface area contributed by atoms with Crippen LogP contribution in [0.5, 0.6) is 0 Å². The number of thioether (sulfide) groups is 1. The van der Waals surface area contributed by atoms with Crippen molar-refractivity contribution in [2.75, 3.05) is 0 Å². The number of carbonyl (C=O) groups is 3. The number of rotatable bonds is 7. The zero-order valence-electron chi connectivity index (χ0n) is 21.4. The maximum absolute atomic E-state index is 15.2. The summed E-state index contributed by atoms with van der Waals surface area (Å²) in [5, 5.41) is 6.24. The number of nitrogens with one attached hydrogen (secondary N) is 2. The van der Waals surface area contributed by atoms with E-state index in [4.69, 9.17) is 5.53 Å². The molecule has 2 atom stereocenters. The van der Waals surface area contributed by atoms with Crippen LogP contribution >= 0.6 is 11.8 Å². The molecular weight excluding hydrogens is 503 g/mol. The first-order valence-corrected chi connectivity index (χ1v) is 14.5. The van der Waals surface area contributed by atoms with Crippen molar-refractivity contribution < 1.29 is 18.8 Å². The van der Waals surface area contributed by atoms with Crippen LogP contribution in [-0.4, -0.2) is 28.7 Å². The van der Waals surface area contributed by atoms with Gasteiger partial charge in [-0.05, 0) is 60.1 Å². The maximum Gasteiger partial charge on any atom is 0.255 e. The van der Waals surface area contributed by atoms with E-state index in [1.54, 1.807) is 18.2 Å². The van der Waals surface area contributed by atoms with E-state index >= 15 is 4.39 Å². The summed E-state index contributed by atoms with van der Waals surface area (Å²) in [5.41, 5.74) is 10.5. The predicted octanol–water partition coefficient (Wildman–Crippen LogP) is 6.31. The van der Waals surface area contributed by atoms with Crippen LogP contribution in [0.1, 0.15) is 90.9 Å². The Balaban J connectivity index is 1.28. The fraction of sp³-hybridized carbons (Fsp3) is 0.483. The van der Waals surface area contributed by atoms with Crippen LogP contribution in [0.25, 0.3) is 0 Å². The van der Waals surface area contributed by atoms with Gasteiger partial charge in [0, 0.05) is 29.2 Å². The molecule has 2 aromatic carbocycles. The molecule has 0 radical (unpaired) electrons. The van der Waals surface area contributed by atoms with Crippen LogP contribution in [0.4, 0.5) is 4.39 Å². The van der Waals surface area contributed by atoms with Crippen molar-refractivity contribution in [1.82, 2.24) is 10.2 Å². The van der Waals surface area contributed by atoms with Crippen LogP contribution in [0.3, 0.4) is 0 Å². The first-order valence-electron chi connectivity index (χ1n) is 13.5. The van der Waals surface area contributed by atoms with Gasteiger partial charge in [0.2, 0.25) is 11.8 Å². The van der Waals surface area contributed by atoms with E-state index in [-0.39, 0.29) is 36.0 Å². The van der Waals surface area contributed by atoms with Crippen molar-refractivity contribution in [1.29, 1.82) is 5.53 Å². The lowest BCUT2D eigenvalue weighted by Crippen LogP contribution is -2.52. The third-order valence-electron chi connectivity index (χ3n) is 8.08. The second-order valence-corrected chi connectivity index (χ2v) is 11.5. The number of nitrogens with zero attached hydrogens (tertiary/aromatic N) is 2. The Labute approximate surface area is 226 Å². The van der Waals surface area contributed by atoms with Crippen molar-refractivity contribution in [2.45, 2.75) is 87.1 Å². The average molecular weight is 537 g/mol. The Hall–Kier alpha value is -3.07. The van der Waals surface area contributed by atoms with Gasteiger partial charge in [-0.1, -0.05) is 50.3 Å². The Morgan fingerprint density at radius 2 is 1.82 bits per heavy atom. The van der Waals surface area contributed by atoms with E-state index < -0.39 is 11.9 Å². The van der Waals surface area contributed by atoms with Gasteiger partial charge in [0.05, 0.1) is 6.04 Å². The summed E-state index contributed by atoms with van der Waals surface area (Å²) in [5.74, 6) is -0.594. The van der Waals surface area contributed by atoms with Gasteiger partial charge in [-0.25, -0.2) is 9.92 Å². The summed E-state index contributed by atoms with van der Waals surface area (Å²) >= 11 is 1.46. The Bertz CT molecular complexity index is 1240. The van der Waals surface area contributed by atoms with Gasteiger partial charge in [0.15, 0.2) is 0 Å². The molecule has 2 aromatic rings. The highest BCUT2D eigenvalue weighted by molar-refractivity contribution is 7.98. The fourth-order valence-electron chi connectivity index (χ4n) is 5.97. The molecule has 2 N–H and O–H groups in total. The van der Waals surface area contributed by atoms with Crippen LogP contribution in [0.2, 0.25) is 0 Å². The van der Waals surface area contributed by atoms with E-state index in [1.807, 2.05) is 18.2 Å². The number of carbonyl (C=O) groups excluding carboxylic acids is 3.